The quantitative estimate of drug-likeness (QED) is 0.610. The van der Waals surface area contributed by atoms with Crippen molar-refractivity contribution in [3.05, 3.63) is 39.9 Å². The van der Waals surface area contributed by atoms with Crippen LogP contribution in [0.5, 0.6) is 0 Å². The van der Waals surface area contributed by atoms with Crippen molar-refractivity contribution in [1.82, 2.24) is 9.88 Å². The first-order valence-corrected chi connectivity index (χ1v) is 9.91. The molecule has 0 atom stereocenters. The molecule has 1 heterocycles. The zero-order valence-corrected chi connectivity index (χ0v) is 16.5. The lowest BCUT2D eigenvalue weighted by Gasteiger charge is -2.21. The lowest BCUT2D eigenvalue weighted by Crippen LogP contribution is -2.22. The van der Waals surface area contributed by atoms with Gasteiger partial charge in [0.05, 0.1) is 11.2 Å². The minimum atomic E-state index is -1.28. The zero-order chi connectivity index (χ0) is 20.3. The molecule has 7 heteroatoms. The predicted octanol–water partition coefficient (Wildman–Crippen LogP) is 3.39. The average molecular weight is 389 g/mol. The van der Waals surface area contributed by atoms with Crippen molar-refractivity contribution < 1.29 is 14.3 Å². The van der Waals surface area contributed by atoms with E-state index in [1.807, 2.05) is 23.6 Å². The van der Waals surface area contributed by atoms with E-state index in [1.54, 1.807) is 6.07 Å². The topological polar surface area (TPSA) is 74.6 Å². The molecular formula is C21H28FN3O3. The van der Waals surface area contributed by atoms with E-state index in [1.165, 1.54) is 12.3 Å². The molecule has 0 aliphatic heterocycles. The summed E-state index contributed by atoms with van der Waals surface area (Å²) in [6.07, 6.45) is 7.59. The van der Waals surface area contributed by atoms with E-state index in [0.29, 0.717) is 11.2 Å². The zero-order valence-electron chi connectivity index (χ0n) is 16.5. The number of hydrogen-bond donors (Lipinski definition) is 2. The summed E-state index contributed by atoms with van der Waals surface area (Å²) in [5, 5.41) is 12.6. The van der Waals surface area contributed by atoms with Gasteiger partial charge >= 0.3 is 5.97 Å². The smallest absolute Gasteiger partial charge is 0.341 e. The highest BCUT2D eigenvalue weighted by Crippen LogP contribution is 2.38. The minimum Gasteiger partial charge on any atom is -0.477 e. The summed E-state index contributed by atoms with van der Waals surface area (Å²) in [5.74, 6) is -1.77. The second-order valence-corrected chi connectivity index (χ2v) is 7.58. The Morgan fingerprint density at radius 2 is 2.00 bits per heavy atom. The van der Waals surface area contributed by atoms with Crippen molar-refractivity contribution in [3.8, 4) is 0 Å². The lowest BCUT2D eigenvalue weighted by atomic mass is 10.1. The molecule has 0 unspecified atom stereocenters. The molecule has 28 heavy (non-hydrogen) atoms. The number of carboxylic acid groups (broad SMARTS) is 1. The van der Waals surface area contributed by atoms with Crippen LogP contribution in [0.2, 0.25) is 0 Å². The fourth-order valence-electron chi connectivity index (χ4n) is 3.58. The number of nitrogens with zero attached hydrogens (tertiary/aromatic N) is 2. The third-order valence-corrected chi connectivity index (χ3v) is 5.35. The van der Waals surface area contributed by atoms with E-state index in [2.05, 4.69) is 5.32 Å². The number of halogens is 1. The molecule has 1 aromatic carbocycles. The van der Waals surface area contributed by atoms with Gasteiger partial charge in [-0.15, -0.1) is 0 Å². The highest BCUT2D eigenvalue weighted by molar-refractivity contribution is 5.93. The van der Waals surface area contributed by atoms with Gasteiger partial charge in [-0.25, -0.2) is 9.18 Å². The number of nitrogens with one attached hydrogen (secondary N) is 1. The number of fused-ring (bicyclic) bond motifs is 1. The standard InChI is InChI=1S/C21H28FN3O3/c1-23-9-5-3-4-6-10-24(2)19-12-18-15(11-17(19)22)20(26)16(21(27)28)13-25(18)14-7-8-14/h11-14,23H,3-10H2,1-2H3,(H,27,28). The van der Waals surface area contributed by atoms with E-state index in [0.717, 1.165) is 51.6 Å². The molecule has 2 N–H and O–H groups in total. The van der Waals surface area contributed by atoms with Crippen molar-refractivity contribution in [2.75, 3.05) is 32.1 Å². The highest BCUT2D eigenvalue weighted by Gasteiger charge is 2.27. The summed E-state index contributed by atoms with van der Waals surface area (Å²) in [7, 11) is 3.79. The molecule has 0 amide bonds. The van der Waals surface area contributed by atoms with Crippen LogP contribution in [-0.2, 0) is 0 Å². The van der Waals surface area contributed by atoms with E-state index >= 15 is 0 Å². The number of anilines is 1. The van der Waals surface area contributed by atoms with Crippen LogP contribution in [0, 0.1) is 5.82 Å². The third-order valence-electron chi connectivity index (χ3n) is 5.35. The van der Waals surface area contributed by atoms with Crippen molar-refractivity contribution in [2.45, 2.75) is 44.6 Å². The first-order valence-electron chi connectivity index (χ1n) is 9.91. The van der Waals surface area contributed by atoms with E-state index in [4.69, 9.17) is 0 Å². The van der Waals surface area contributed by atoms with Gasteiger partial charge in [-0.1, -0.05) is 12.8 Å². The van der Waals surface area contributed by atoms with Crippen LogP contribution in [0.25, 0.3) is 10.9 Å². The summed E-state index contributed by atoms with van der Waals surface area (Å²) < 4.78 is 16.6. The predicted molar refractivity (Wildman–Crippen MR) is 109 cm³/mol. The van der Waals surface area contributed by atoms with Gasteiger partial charge in [-0.05, 0) is 51.4 Å². The molecule has 1 aliphatic carbocycles. The van der Waals surface area contributed by atoms with Gasteiger partial charge < -0.3 is 19.9 Å². The Hall–Kier alpha value is -2.41. The minimum absolute atomic E-state index is 0.133. The van der Waals surface area contributed by atoms with Crippen LogP contribution in [-0.4, -0.2) is 42.8 Å². The molecule has 1 aromatic heterocycles. The second kappa shape index (κ2) is 8.73. The molecule has 1 saturated carbocycles. The van der Waals surface area contributed by atoms with Gasteiger partial charge in [0, 0.05) is 31.2 Å². The Bertz CT molecular complexity index is 921. The number of benzene rings is 1. The van der Waals surface area contributed by atoms with Crippen molar-refractivity contribution in [3.63, 3.8) is 0 Å². The van der Waals surface area contributed by atoms with Crippen LogP contribution in [0.4, 0.5) is 10.1 Å². The summed E-state index contributed by atoms with van der Waals surface area (Å²) in [6.45, 7) is 1.73. The molecule has 6 nitrogen and oxygen atoms in total. The maximum absolute atomic E-state index is 14.8. The monoisotopic (exact) mass is 389 g/mol. The van der Waals surface area contributed by atoms with Gasteiger partial charge in [0.25, 0.3) is 0 Å². The van der Waals surface area contributed by atoms with Gasteiger partial charge in [-0.3, -0.25) is 4.79 Å². The first-order chi connectivity index (χ1) is 13.4. The summed E-state index contributed by atoms with van der Waals surface area (Å²) in [6, 6.07) is 3.07. The Kier molecular flexibility index (Phi) is 6.34. The van der Waals surface area contributed by atoms with Gasteiger partial charge in [-0.2, -0.15) is 0 Å². The fourth-order valence-corrected chi connectivity index (χ4v) is 3.58. The molecule has 0 bridgehead atoms. The van der Waals surface area contributed by atoms with E-state index < -0.39 is 17.2 Å². The van der Waals surface area contributed by atoms with Crippen molar-refractivity contribution in [2.24, 2.45) is 0 Å². The molecule has 0 radical (unpaired) electrons. The number of rotatable bonds is 10. The SMILES string of the molecule is CNCCCCCCN(C)c1cc2c(cc1F)c(=O)c(C(=O)O)cn2C1CC1. The molecule has 3 rings (SSSR count). The molecule has 1 fully saturated rings. The summed E-state index contributed by atoms with van der Waals surface area (Å²) in [4.78, 5) is 25.8. The number of aromatic carboxylic acids is 1. The first kappa shape index (κ1) is 20.3. The second-order valence-electron chi connectivity index (χ2n) is 7.58. The Labute approximate surface area is 164 Å². The van der Waals surface area contributed by atoms with Crippen LogP contribution in [0.15, 0.2) is 23.1 Å². The van der Waals surface area contributed by atoms with Gasteiger partial charge in [0.2, 0.25) is 5.43 Å². The van der Waals surface area contributed by atoms with Crippen molar-refractivity contribution in [1.29, 1.82) is 0 Å². The maximum Gasteiger partial charge on any atom is 0.341 e. The molecule has 2 aromatic rings. The average Bonchev–Trinajstić information content (AvgIpc) is 3.49. The summed E-state index contributed by atoms with van der Waals surface area (Å²) in [5.41, 5.74) is 0.118. The van der Waals surface area contributed by atoms with E-state index in [9.17, 15) is 19.1 Å². The normalized spacial score (nSPS) is 13.8. The number of aromatic nitrogens is 1. The molecule has 1 aliphatic rings. The Balaban J connectivity index is 1.87. The Morgan fingerprint density at radius 3 is 2.64 bits per heavy atom. The molecule has 0 saturated heterocycles. The molecule has 152 valence electrons. The maximum atomic E-state index is 14.8. The Morgan fingerprint density at radius 1 is 1.29 bits per heavy atom. The summed E-state index contributed by atoms with van der Waals surface area (Å²) >= 11 is 0. The van der Waals surface area contributed by atoms with Gasteiger partial charge in [0.1, 0.15) is 11.4 Å². The van der Waals surface area contributed by atoms with Crippen LogP contribution in [0.1, 0.15) is 54.9 Å². The number of pyridine rings is 1. The van der Waals surface area contributed by atoms with E-state index in [-0.39, 0.29) is 17.0 Å². The number of unbranched alkanes of at least 4 members (excludes halogenated alkanes) is 3. The van der Waals surface area contributed by atoms with Gasteiger partial charge in [0.15, 0.2) is 0 Å². The van der Waals surface area contributed by atoms with Crippen LogP contribution >= 0.6 is 0 Å². The van der Waals surface area contributed by atoms with Crippen LogP contribution < -0.4 is 15.6 Å². The lowest BCUT2D eigenvalue weighted by molar-refractivity contribution is 0.0695. The van der Waals surface area contributed by atoms with Crippen LogP contribution in [0.3, 0.4) is 0 Å². The number of hydrogen-bond acceptors (Lipinski definition) is 4. The number of carbonyl (C=O) groups is 1. The van der Waals surface area contributed by atoms with Crippen molar-refractivity contribution >= 4 is 22.6 Å². The number of carboxylic acids is 1. The largest absolute Gasteiger partial charge is 0.477 e. The molecule has 0 spiro atoms. The highest BCUT2D eigenvalue weighted by atomic mass is 19.1. The fraction of sp³-hybridized carbons (Fsp3) is 0.524. The molecular weight excluding hydrogens is 361 g/mol. The third kappa shape index (κ3) is 4.35.